The van der Waals surface area contributed by atoms with Gasteiger partial charge in [0.05, 0.1) is 5.41 Å². The first kappa shape index (κ1) is 16.5. The first-order chi connectivity index (χ1) is 9.65. The minimum Gasteiger partial charge on any atom is -0.351 e. The molecule has 1 N–H and O–H groups in total. The first-order valence-corrected chi connectivity index (χ1v) is 7.49. The number of carbonyl (C=O) groups excluding carboxylic acids is 1. The van der Waals surface area contributed by atoms with Crippen LogP contribution in [0.1, 0.15) is 24.5 Å². The quantitative estimate of drug-likeness (QED) is 0.840. The lowest BCUT2D eigenvalue weighted by Crippen LogP contribution is -2.32. The van der Waals surface area contributed by atoms with Crippen molar-refractivity contribution in [2.24, 2.45) is 5.41 Å². The van der Waals surface area contributed by atoms with Crippen LogP contribution in [0.15, 0.2) is 18.2 Å². The Labute approximate surface area is 134 Å². The van der Waals surface area contributed by atoms with Gasteiger partial charge in [0, 0.05) is 18.7 Å². The molecule has 1 atom stereocenters. The van der Waals surface area contributed by atoms with E-state index in [1.165, 1.54) is 6.07 Å². The number of rotatable bonds is 5. The van der Waals surface area contributed by atoms with E-state index in [-0.39, 0.29) is 11.7 Å². The molecule has 1 aromatic rings. The SMILES string of the molecule is CN(C)Cc1cc(CNC(=O)C2(C)CC2(Cl)Cl)ccc1F. The van der Waals surface area contributed by atoms with E-state index in [9.17, 15) is 9.18 Å². The molecule has 0 radical (unpaired) electrons. The third-order valence-corrected chi connectivity index (χ3v) is 4.91. The van der Waals surface area contributed by atoms with Gasteiger partial charge in [-0.2, -0.15) is 0 Å². The molecule has 0 spiro atoms. The summed E-state index contributed by atoms with van der Waals surface area (Å²) in [6, 6.07) is 4.85. The van der Waals surface area contributed by atoms with Gasteiger partial charge in [0.2, 0.25) is 5.91 Å². The number of amides is 1. The molecule has 1 aromatic carbocycles. The van der Waals surface area contributed by atoms with Gasteiger partial charge < -0.3 is 10.2 Å². The monoisotopic (exact) mass is 332 g/mol. The van der Waals surface area contributed by atoms with Crippen molar-refractivity contribution in [3.05, 3.63) is 35.1 Å². The van der Waals surface area contributed by atoms with Gasteiger partial charge in [0.15, 0.2) is 0 Å². The van der Waals surface area contributed by atoms with E-state index >= 15 is 0 Å². The van der Waals surface area contributed by atoms with Crippen molar-refractivity contribution < 1.29 is 9.18 Å². The maximum atomic E-state index is 13.7. The van der Waals surface area contributed by atoms with Crippen molar-refractivity contribution in [1.29, 1.82) is 0 Å². The Morgan fingerprint density at radius 2 is 2.05 bits per heavy atom. The molecular weight excluding hydrogens is 314 g/mol. The lowest BCUT2D eigenvalue weighted by atomic mass is 10.1. The van der Waals surface area contributed by atoms with E-state index in [1.54, 1.807) is 19.1 Å². The molecule has 2 rings (SSSR count). The molecule has 116 valence electrons. The number of hydrogen-bond acceptors (Lipinski definition) is 2. The van der Waals surface area contributed by atoms with Gasteiger partial charge in [-0.05, 0) is 45.1 Å². The number of hydrogen-bond donors (Lipinski definition) is 1. The molecule has 1 amide bonds. The van der Waals surface area contributed by atoms with Gasteiger partial charge in [-0.1, -0.05) is 6.07 Å². The van der Waals surface area contributed by atoms with Gasteiger partial charge in [-0.25, -0.2) is 4.39 Å². The number of benzene rings is 1. The van der Waals surface area contributed by atoms with Crippen LogP contribution in [0.3, 0.4) is 0 Å². The molecule has 0 heterocycles. The van der Waals surface area contributed by atoms with Gasteiger partial charge >= 0.3 is 0 Å². The Kier molecular flexibility index (Phi) is 4.52. The first-order valence-electron chi connectivity index (χ1n) is 6.74. The van der Waals surface area contributed by atoms with Crippen LogP contribution >= 0.6 is 23.2 Å². The molecule has 1 saturated carbocycles. The fraction of sp³-hybridized carbons (Fsp3) is 0.533. The second kappa shape index (κ2) is 5.75. The summed E-state index contributed by atoms with van der Waals surface area (Å²) >= 11 is 12.0. The van der Waals surface area contributed by atoms with Gasteiger partial charge in [-0.3, -0.25) is 4.79 Å². The van der Waals surface area contributed by atoms with Crippen LogP contribution in [0.25, 0.3) is 0 Å². The van der Waals surface area contributed by atoms with Crippen LogP contribution in [0.5, 0.6) is 0 Å². The molecule has 0 bridgehead atoms. The maximum absolute atomic E-state index is 13.7. The van der Waals surface area contributed by atoms with Crippen LogP contribution in [0.2, 0.25) is 0 Å². The van der Waals surface area contributed by atoms with E-state index in [0.717, 1.165) is 5.56 Å². The number of alkyl halides is 2. The predicted octanol–water partition coefficient (Wildman–Crippen LogP) is 3.09. The van der Waals surface area contributed by atoms with Crippen molar-refractivity contribution in [2.45, 2.75) is 30.8 Å². The summed E-state index contributed by atoms with van der Waals surface area (Å²) in [4.78, 5) is 14.0. The fourth-order valence-corrected chi connectivity index (χ4v) is 2.93. The highest BCUT2D eigenvalue weighted by Crippen LogP contribution is 2.63. The van der Waals surface area contributed by atoms with Crippen molar-refractivity contribution in [1.82, 2.24) is 10.2 Å². The van der Waals surface area contributed by atoms with Crippen LogP contribution in [0.4, 0.5) is 4.39 Å². The van der Waals surface area contributed by atoms with E-state index in [1.807, 2.05) is 19.0 Å². The van der Waals surface area contributed by atoms with Crippen LogP contribution in [-0.4, -0.2) is 29.2 Å². The maximum Gasteiger partial charge on any atom is 0.229 e. The molecule has 21 heavy (non-hydrogen) atoms. The standard InChI is InChI=1S/C15H19Cl2FN2O/c1-14(9-15(14,16)17)13(21)19-7-10-4-5-12(18)11(6-10)8-20(2)3/h4-6H,7-9H2,1-3H3,(H,19,21). The van der Waals surface area contributed by atoms with Gasteiger partial charge in [0.25, 0.3) is 0 Å². The zero-order valence-corrected chi connectivity index (χ0v) is 13.9. The average molecular weight is 333 g/mol. The number of nitrogens with zero attached hydrogens (tertiary/aromatic N) is 1. The summed E-state index contributed by atoms with van der Waals surface area (Å²) in [6.07, 6.45) is 0.449. The molecule has 1 unspecified atom stereocenters. The molecule has 6 heteroatoms. The Morgan fingerprint density at radius 1 is 1.43 bits per heavy atom. The average Bonchev–Trinajstić information content (AvgIpc) is 2.90. The van der Waals surface area contributed by atoms with E-state index < -0.39 is 9.75 Å². The summed E-state index contributed by atoms with van der Waals surface area (Å²) in [5, 5.41) is 2.81. The van der Waals surface area contributed by atoms with Gasteiger partial charge in [-0.15, -0.1) is 23.2 Å². The highest BCUT2D eigenvalue weighted by atomic mass is 35.5. The molecule has 1 aliphatic carbocycles. The molecule has 0 saturated heterocycles. The predicted molar refractivity (Wildman–Crippen MR) is 82.8 cm³/mol. The largest absolute Gasteiger partial charge is 0.351 e. The Morgan fingerprint density at radius 3 is 2.57 bits per heavy atom. The summed E-state index contributed by atoms with van der Waals surface area (Å²) in [5.74, 6) is -0.417. The topological polar surface area (TPSA) is 32.3 Å². The molecule has 3 nitrogen and oxygen atoms in total. The second-order valence-electron chi connectivity index (χ2n) is 6.06. The van der Waals surface area contributed by atoms with Crippen LogP contribution < -0.4 is 5.32 Å². The van der Waals surface area contributed by atoms with Crippen molar-refractivity contribution in [2.75, 3.05) is 14.1 Å². The third-order valence-electron chi connectivity index (χ3n) is 3.81. The Hall–Kier alpha value is -0.840. The zero-order valence-electron chi connectivity index (χ0n) is 12.3. The number of nitrogens with one attached hydrogen (secondary N) is 1. The minimum absolute atomic E-state index is 0.175. The molecule has 1 aliphatic rings. The Balaban J connectivity index is 1.99. The normalized spacial score (nSPS) is 23.2. The zero-order chi connectivity index (χ0) is 15.8. The lowest BCUT2D eigenvalue weighted by molar-refractivity contribution is -0.125. The van der Waals surface area contributed by atoms with Crippen molar-refractivity contribution >= 4 is 29.1 Å². The highest BCUT2D eigenvalue weighted by molar-refractivity contribution is 6.53. The molecule has 0 aromatic heterocycles. The third kappa shape index (κ3) is 3.50. The molecular formula is C15H19Cl2FN2O. The Bertz CT molecular complexity index is 563. The smallest absolute Gasteiger partial charge is 0.229 e. The van der Waals surface area contributed by atoms with Gasteiger partial charge in [0.1, 0.15) is 10.2 Å². The van der Waals surface area contributed by atoms with E-state index in [0.29, 0.717) is 25.1 Å². The number of carbonyl (C=O) groups is 1. The summed E-state index contributed by atoms with van der Waals surface area (Å²) < 4.78 is 12.7. The fourth-order valence-electron chi connectivity index (χ4n) is 2.22. The number of halogens is 3. The highest BCUT2D eigenvalue weighted by Gasteiger charge is 2.67. The molecule has 1 fully saturated rings. The summed E-state index contributed by atoms with van der Waals surface area (Å²) in [7, 11) is 3.75. The van der Waals surface area contributed by atoms with Crippen LogP contribution in [0, 0.1) is 11.2 Å². The molecule has 0 aliphatic heterocycles. The van der Waals surface area contributed by atoms with Crippen molar-refractivity contribution in [3.8, 4) is 0 Å². The van der Waals surface area contributed by atoms with Crippen molar-refractivity contribution in [3.63, 3.8) is 0 Å². The van der Waals surface area contributed by atoms with Crippen LogP contribution in [-0.2, 0) is 17.9 Å². The summed E-state index contributed by atoms with van der Waals surface area (Å²) in [5.41, 5.74) is 0.719. The van der Waals surface area contributed by atoms with E-state index in [4.69, 9.17) is 23.2 Å². The lowest BCUT2D eigenvalue weighted by Gasteiger charge is -2.14. The van der Waals surface area contributed by atoms with E-state index in [2.05, 4.69) is 5.32 Å². The summed E-state index contributed by atoms with van der Waals surface area (Å²) in [6.45, 7) is 2.58. The second-order valence-corrected chi connectivity index (χ2v) is 7.54. The minimum atomic E-state index is -0.976.